The van der Waals surface area contributed by atoms with E-state index >= 15 is 0 Å². The molecule has 1 unspecified atom stereocenters. The Morgan fingerprint density at radius 1 is 1.58 bits per heavy atom. The van der Waals surface area contributed by atoms with Crippen molar-refractivity contribution in [3.8, 4) is 0 Å². The van der Waals surface area contributed by atoms with Gasteiger partial charge in [0, 0.05) is 25.3 Å². The number of nitrogens with zero attached hydrogens (tertiary/aromatic N) is 1. The van der Waals surface area contributed by atoms with Crippen LogP contribution in [0.1, 0.15) is 33.0 Å². The van der Waals surface area contributed by atoms with E-state index in [4.69, 9.17) is 9.15 Å². The maximum absolute atomic E-state index is 12.3. The van der Waals surface area contributed by atoms with Gasteiger partial charge in [-0.3, -0.25) is 4.79 Å². The predicted molar refractivity (Wildman–Crippen MR) is 73.6 cm³/mol. The zero-order valence-electron chi connectivity index (χ0n) is 11.8. The molecule has 0 bridgehead atoms. The molecule has 1 aliphatic heterocycles. The Kier molecular flexibility index (Phi) is 4.43. The zero-order chi connectivity index (χ0) is 13.8. The van der Waals surface area contributed by atoms with Crippen molar-refractivity contribution < 1.29 is 13.9 Å². The van der Waals surface area contributed by atoms with E-state index in [9.17, 15) is 4.79 Å². The van der Waals surface area contributed by atoms with E-state index in [0.717, 1.165) is 24.3 Å². The molecule has 1 atom stereocenters. The van der Waals surface area contributed by atoms with Gasteiger partial charge in [0.15, 0.2) is 0 Å². The second-order valence-corrected chi connectivity index (χ2v) is 4.84. The Hall–Kier alpha value is -1.55. The van der Waals surface area contributed by atoms with Crippen LogP contribution >= 0.6 is 0 Å². The Labute approximate surface area is 114 Å². The minimum absolute atomic E-state index is 0.0541. The quantitative estimate of drug-likeness (QED) is 0.838. The monoisotopic (exact) mass is 263 g/mol. The molecule has 0 saturated carbocycles. The van der Waals surface area contributed by atoms with Gasteiger partial charge in [-0.05, 0) is 39.3 Å². The number of hydrogen-bond acceptors (Lipinski definition) is 3. The average molecular weight is 263 g/mol. The summed E-state index contributed by atoms with van der Waals surface area (Å²) in [7, 11) is 0. The molecular weight excluding hydrogens is 242 g/mol. The molecule has 1 aliphatic rings. The zero-order valence-corrected chi connectivity index (χ0v) is 11.8. The van der Waals surface area contributed by atoms with E-state index in [1.54, 1.807) is 6.26 Å². The molecule has 1 aromatic rings. The highest BCUT2D eigenvalue weighted by atomic mass is 16.5. The van der Waals surface area contributed by atoms with Crippen molar-refractivity contribution in [1.29, 1.82) is 0 Å². The Morgan fingerprint density at radius 2 is 2.37 bits per heavy atom. The number of carbonyl (C=O) groups excluding carboxylic acids is 1. The SMILES string of the molecule is CCOC(C)C(=O)N1CCC(C)=C(c2ccco2)C1. The number of furan rings is 1. The Balaban J connectivity index is 2.10. The van der Waals surface area contributed by atoms with Crippen molar-refractivity contribution in [2.75, 3.05) is 19.7 Å². The molecule has 2 heterocycles. The van der Waals surface area contributed by atoms with Gasteiger partial charge in [0.25, 0.3) is 5.91 Å². The highest BCUT2D eigenvalue weighted by Crippen LogP contribution is 2.27. The minimum atomic E-state index is -0.374. The summed E-state index contributed by atoms with van der Waals surface area (Å²) in [5, 5.41) is 0. The van der Waals surface area contributed by atoms with Crippen LogP contribution in [0.15, 0.2) is 28.4 Å². The van der Waals surface area contributed by atoms with Crippen LogP contribution < -0.4 is 0 Å². The molecule has 19 heavy (non-hydrogen) atoms. The summed E-state index contributed by atoms with van der Waals surface area (Å²) in [6, 6.07) is 3.82. The summed E-state index contributed by atoms with van der Waals surface area (Å²) < 4.78 is 10.8. The highest BCUT2D eigenvalue weighted by molar-refractivity contribution is 5.83. The third-order valence-corrected chi connectivity index (χ3v) is 3.52. The number of carbonyl (C=O) groups is 1. The number of amides is 1. The largest absolute Gasteiger partial charge is 0.465 e. The van der Waals surface area contributed by atoms with Gasteiger partial charge in [0.2, 0.25) is 0 Å². The maximum atomic E-state index is 12.3. The molecule has 104 valence electrons. The fraction of sp³-hybridized carbons (Fsp3) is 0.533. The second kappa shape index (κ2) is 6.06. The van der Waals surface area contributed by atoms with Crippen molar-refractivity contribution in [2.24, 2.45) is 0 Å². The van der Waals surface area contributed by atoms with E-state index < -0.39 is 0 Å². The third kappa shape index (κ3) is 3.07. The molecule has 0 fully saturated rings. The van der Waals surface area contributed by atoms with Gasteiger partial charge in [-0.15, -0.1) is 0 Å². The predicted octanol–water partition coefficient (Wildman–Crippen LogP) is 2.71. The van der Waals surface area contributed by atoms with Gasteiger partial charge in [-0.1, -0.05) is 5.57 Å². The molecular formula is C15H21NO3. The molecule has 0 spiro atoms. The summed E-state index contributed by atoms with van der Waals surface area (Å²) in [4.78, 5) is 14.1. The fourth-order valence-electron chi connectivity index (χ4n) is 2.36. The maximum Gasteiger partial charge on any atom is 0.251 e. The van der Waals surface area contributed by atoms with E-state index in [2.05, 4.69) is 6.92 Å². The van der Waals surface area contributed by atoms with Crippen LogP contribution in [0.25, 0.3) is 5.57 Å². The highest BCUT2D eigenvalue weighted by Gasteiger charge is 2.26. The first-order valence-corrected chi connectivity index (χ1v) is 6.76. The molecule has 1 aromatic heterocycles. The summed E-state index contributed by atoms with van der Waals surface area (Å²) in [6.45, 7) is 7.73. The molecule has 0 radical (unpaired) electrons. The lowest BCUT2D eigenvalue weighted by atomic mass is 9.99. The van der Waals surface area contributed by atoms with Gasteiger partial charge in [0.1, 0.15) is 11.9 Å². The van der Waals surface area contributed by atoms with Crippen molar-refractivity contribution in [3.63, 3.8) is 0 Å². The Bertz CT molecular complexity index is 462. The molecule has 2 rings (SSSR count). The second-order valence-electron chi connectivity index (χ2n) is 4.84. The van der Waals surface area contributed by atoms with Crippen LogP contribution in [0.2, 0.25) is 0 Å². The van der Waals surface area contributed by atoms with Crippen molar-refractivity contribution >= 4 is 11.5 Å². The molecule has 4 nitrogen and oxygen atoms in total. The summed E-state index contributed by atoms with van der Waals surface area (Å²) >= 11 is 0. The van der Waals surface area contributed by atoms with E-state index in [-0.39, 0.29) is 12.0 Å². The lowest BCUT2D eigenvalue weighted by Crippen LogP contribution is -2.42. The molecule has 1 amide bonds. The van der Waals surface area contributed by atoms with Gasteiger partial charge in [-0.2, -0.15) is 0 Å². The summed E-state index contributed by atoms with van der Waals surface area (Å²) in [5.74, 6) is 0.914. The van der Waals surface area contributed by atoms with Crippen LogP contribution in [0.5, 0.6) is 0 Å². The first kappa shape index (κ1) is 13.9. The molecule has 0 N–H and O–H groups in total. The van der Waals surface area contributed by atoms with Gasteiger partial charge in [-0.25, -0.2) is 0 Å². The minimum Gasteiger partial charge on any atom is -0.465 e. The van der Waals surface area contributed by atoms with Crippen LogP contribution in [0.3, 0.4) is 0 Å². The summed E-state index contributed by atoms with van der Waals surface area (Å²) in [5.41, 5.74) is 2.41. The van der Waals surface area contributed by atoms with Crippen LogP contribution in [-0.2, 0) is 9.53 Å². The fourth-order valence-corrected chi connectivity index (χ4v) is 2.36. The normalized spacial score (nSPS) is 17.7. The standard InChI is InChI=1S/C15H21NO3/c1-4-18-12(3)15(17)16-8-7-11(2)13(10-16)14-6-5-9-19-14/h5-6,9,12H,4,7-8,10H2,1-3H3. The lowest BCUT2D eigenvalue weighted by Gasteiger charge is -2.31. The van der Waals surface area contributed by atoms with Gasteiger partial charge < -0.3 is 14.1 Å². The first-order chi connectivity index (χ1) is 9.13. The van der Waals surface area contributed by atoms with Crippen molar-refractivity contribution in [2.45, 2.75) is 33.3 Å². The molecule has 0 aromatic carbocycles. The van der Waals surface area contributed by atoms with Crippen LogP contribution in [-0.4, -0.2) is 36.6 Å². The Morgan fingerprint density at radius 3 is 3.00 bits per heavy atom. The summed E-state index contributed by atoms with van der Waals surface area (Å²) in [6.07, 6.45) is 2.18. The van der Waals surface area contributed by atoms with E-state index in [1.807, 2.05) is 30.9 Å². The number of hydrogen-bond donors (Lipinski definition) is 0. The first-order valence-electron chi connectivity index (χ1n) is 6.76. The lowest BCUT2D eigenvalue weighted by molar-refractivity contribution is -0.141. The van der Waals surface area contributed by atoms with Crippen LogP contribution in [0.4, 0.5) is 0 Å². The molecule has 0 aliphatic carbocycles. The van der Waals surface area contributed by atoms with Crippen molar-refractivity contribution in [1.82, 2.24) is 4.90 Å². The van der Waals surface area contributed by atoms with E-state index in [1.165, 1.54) is 5.57 Å². The van der Waals surface area contributed by atoms with E-state index in [0.29, 0.717) is 13.2 Å². The number of rotatable bonds is 4. The van der Waals surface area contributed by atoms with Gasteiger partial charge >= 0.3 is 0 Å². The smallest absolute Gasteiger partial charge is 0.251 e. The van der Waals surface area contributed by atoms with Crippen molar-refractivity contribution in [3.05, 3.63) is 29.7 Å². The van der Waals surface area contributed by atoms with Crippen LogP contribution in [0, 0.1) is 0 Å². The average Bonchev–Trinajstić information content (AvgIpc) is 2.92. The molecule has 0 saturated heterocycles. The third-order valence-electron chi connectivity index (χ3n) is 3.52. The molecule has 4 heteroatoms. The topological polar surface area (TPSA) is 42.7 Å². The number of ether oxygens (including phenoxy) is 1. The van der Waals surface area contributed by atoms with Gasteiger partial charge in [0.05, 0.1) is 6.26 Å².